The molecule has 1 N–H and O–H groups in total. The Hall–Kier alpha value is -2.86. The summed E-state index contributed by atoms with van der Waals surface area (Å²) in [5.41, 5.74) is 3.25. The molecule has 0 spiro atoms. The van der Waals surface area contributed by atoms with Gasteiger partial charge in [0.1, 0.15) is 12.4 Å². The zero-order valence-electron chi connectivity index (χ0n) is 18.8. The molecular formula is C27H30ClN3O2. The predicted octanol–water partition coefficient (Wildman–Crippen LogP) is 4.57. The average molecular weight is 464 g/mol. The highest BCUT2D eigenvalue weighted by molar-refractivity contribution is 6.32. The molecule has 6 heteroatoms. The minimum Gasteiger partial charge on any atom is -0.491 e. The molecule has 3 aromatic carbocycles. The van der Waals surface area contributed by atoms with E-state index in [4.69, 9.17) is 16.3 Å². The van der Waals surface area contributed by atoms with Crippen LogP contribution in [0.15, 0.2) is 78.9 Å². The maximum absolute atomic E-state index is 12.7. The molecule has 33 heavy (non-hydrogen) atoms. The molecule has 4 rings (SSSR count). The van der Waals surface area contributed by atoms with E-state index in [1.54, 1.807) is 0 Å². The molecular weight excluding hydrogens is 434 g/mol. The molecule has 5 nitrogen and oxygen atoms in total. The number of carbonyl (C=O) groups is 1. The quantitative estimate of drug-likeness (QED) is 0.505. The topological polar surface area (TPSA) is 44.8 Å². The highest BCUT2D eigenvalue weighted by Crippen LogP contribution is 2.23. The van der Waals surface area contributed by atoms with Crippen molar-refractivity contribution in [1.82, 2.24) is 9.80 Å². The molecule has 1 aliphatic heterocycles. The molecule has 0 radical (unpaired) electrons. The van der Waals surface area contributed by atoms with Crippen molar-refractivity contribution in [3.8, 4) is 5.75 Å². The van der Waals surface area contributed by atoms with Gasteiger partial charge in [-0.1, -0.05) is 72.3 Å². The van der Waals surface area contributed by atoms with E-state index < -0.39 is 0 Å². The van der Waals surface area contributed by atoms with Gasteiger partial charge in [0.15, 0.2) is 0 Å². The van der Waals surface area contributed by atoms with Crippen LogP contribution in [0.25, 0.3) is 0 Å². The number of piperazine rings is 1. The maximum atomic E-state index is 12.7. The molecule has 0 saturated carbocycles. The Kier molecular flexibility index (Phi) is 8.36. The first-order valence-corrected chi connectivity index (χ1v) is 11.8. The molecule has 1 heterocycles. The van der Waals surface area contributed by atoms with Gasteiger partial charge in [-0.3, -0.25) is 14.6 Å². The molecule has 1 fully saturated rings. The Bertz CT molecular complexity index is 1040. The second kappa shape index (κ2) is 11.8. The molecule has 0 aromatic heterocycles. The van der Waals surface area contributed by atoms with E-state index in [2.05, 4.69) is 33.3 Å². The number of hydrogen-bond acceptors (Lipinski definition) is 4. The Morgan fingerprint density at radius 1 is 0.848 bits per heavy atom. The highest BCUT2D eigenvalue weighted by atomic mass is 35.5. The van der Waals surface area contributed by atoms with Crippen molar-refractivity contribution in [2.24, 2.45) is 0 Å². The zero-order valence-corrected chi connectivity index (χ0v) is 19.5. The van der Waals surface area contributed by atoms with Crippen LogP contribution in [0.3, 0.4) is 0 Å². The lowest BCUT2D eigenvalue weighted by Gasteiger charge is -2.34. The molecule has 3 aromatic rings. The Labute approximate surface area is 200 Å². The lowest BCUT2D eigenvalue weighted by molar-refractivity contribution is -0.117. The number of nitrogens with zero attached hydrogens (tertiary/aromatic N) is 2. The third kappa shape index (κ3) is 7.06. The van der Waals surface area contributed by atoms with E-state index in [-0.39, 0.29) is 5.91 Å². The van der Waals surface area contributed by atoms with Crippen molar-refractivity contribution < 1.29 is 9.53 Å². The first kappa shape index (κ1) is 23.3. The largest absolute Gasteiger partial charge is 0.491 e. The zero-order chi connectivity index (χ0) is 22.9. The fourth-order valence-corrected chi connectivity index (χ4v) is 4.21. The summed E-state index contributed by atoms with van der Waals surface area (Å²) in [6, 6.07) is 25.9. The Morgan fingerprint density at radius 2 is 1.52 bits per heavy atom. The van der Waals surface area contributed by atoms with Crippen molar-refractivity contribution in [3.05, 3.63) is 95.0 Å². The van der Waals surface area contributed by atoms with E-state index in [9.17, 15) is 4.79 Å². The van der Waals surface area contributed by atoms with Crippen LogP contribution in [-0.2, 0) is 11.2 Å². The summed E-state index contributed by atoms with van der Waals surface area (Å²) in [5.74, 6) is 0.757. The fraction of sp³-hybridized carbons (Fsp3) is 0.296. The van der Waals surface area contributed by atoms with Crippen LogP contribution in [0.2, 0.25) is 5.02 Å². The number of rotatable bonds is 9. The number of ether oxygens (including phenoxy) is 1. The molecule has 0 bridgehead atoms. The molecule has 1 amide bonds. The van der Waals surface area contributed by atoms with Crippen molar-refractivity contribution in [3.63, 3.8) is 0 Å². The highest BCUT2D eigenvalue weighted by Gasteiger charge is 2.19. The monoisotopic (exact) mass is 463 g/mol. The van der Waals surface area contributed by atoms with Gasteiger partial charge in [-0.25, -0.2) is 0 Å². The van der Waals surface area contributed by atoms with Gasteiger partial charge in [0.25, 0.3) is 0 Å². The summed E-state index contributed by atoms with van der Waals surface area (Å²) in [6.07, 6.45) is 0.798. The fourth-order valence-electron chi connectivity index (χ4n) is 4.02. The normalized spacial score (nSPS) is 14.7. The summed E-state index contributed by atoms with van der Waals surface area (Å²) in [5, 5.41) is 3.76. The minimum atomic E-state index is 0.0333. The van der Waals surface area contributed by atoms with Gasteiger partial charge < -0.3 is 10.1 Å². The number of nitrogens with one attached hydrogen (secondary N) is 1. The van der Waals surface area contributed by atoms with E-state index in [1.165, 1.54) is 5.56 Å². The van der Waals surface area contributed by atoms with E-state index in [1.807, 2.05) is 60.7 Å². The van der Waals surface area contributed by atoms with Crippen molar-refractivity contribution >= 4 is 23.2 Å². The number of benzene rings is 3. The van der Waals surface area contributed by atoms with Crippen LogP contribution in [0.4, 0.5) is 5.69 Å². The summed E-state index contributed by atoms with van der Waals surface area (Å²) >= 11 is 6.14. The number of hydrogen-bond donors (Lipinski definition) is 1. The SMILES string of the molecule is O=C(CN1CCN(CCOc2ccccc2Cl)CC1)Nc1ccccc1Cc1ccccc1. The molecule has 0 aliphatic carbocycles. The first-order chi connectivity index (χ1) is 16.2. The molecule has 1 aliphatic rings. The standard InChI is InChI=1S/C27H30ClN3O2/c28-24-11-5-7-13-26(24)33-19-18-30-14-16-31(17-15-30)21-27(32)29-25-12-6-4-10-23(25)20-22-8-2-1-3-9-22/h1-13H,14-21H2,(H,29,32). The van der Waals surface area contributed by atoms with Crippen molar-refractivity contribution in [2.45, 2.75) is 6.42 Å². The van der Waals surface area contributed by atoms with Crippen LogP contribution in [0.1, 0.15) is 11.1 Å². The number of carbonyl (C=O) groups excluding carboxylic acids is 1. The summed E-state index contributed by atoms with van der Waals surface area (Å²) in [7, 11) is 0. The molecule has 1 saturated heterocycles. The lowest BCUT2D eigenvalue weighted by atomic mass is 10.0. The van der Waals surface area contributed by atoms with Gasteiger partial charge in [0.2, 0.25) is 5.91 Å². The number of anilines is 1. The van der Waals surface area contributed by atoms with E-state index >= 15 is 0 Å². The maximum Gasteiger partial charge on any atom is 0.238 e. The van der Waals surface area contributed by atoms with Crippen LogP contribution < -0.4 is 10.1 Å². The van der Waals surface area contributed by atoms with E-state index in [0.717, 1.165) is 56.1 Å². The van der Waals surface area contributed by atoms with Gasteiger partial charge in [-0.2, -0.15) is 0 Å². The second-order valence-corrected chi connectivity index (χ2v) is 8.67. The third-order valence-corrected chi connectivity index (χ3v) is 6.17. The summed E-state index contributed by atoms with van der Waals surface area (Å²) in [4.78, 5) is 17.3. The molecule has 0 unspecified atom stereocenters. The van der Waals surface area contributed by atoms with Gasteiger partial charge in [0, 0.05) is 38.4 Å². The van der Waals surface area contributed by atoms with Crippen molar-refractivity contribution in [1.29, 1.82) is 0 Å². The smallest absolute Gasteiger partial charge is 0.238 e. The van der Waals surface area contributed by atoms with Crippen LogP contribution in [-0.4, -0.2) is 61.6 Å². The molecule has 172 valence electrons. The summed E-state index contributed by atoms with van der Waals surface area (Å²) in [6.45, 7) is 5.42. The number of para-hydroxylation sites is 2. The van der Waals surface area contributed by atoms with Crippen LogP contribution in [0, 0.1) is 0 Å². The molecule has 0 atom stereocenters. The number of amides is 1. The van der Waals surface area contributed by atoms with Crippen LogP contribution in [0.5, 0.6) is 5.75 Å². The van der Waals surface area contributed by atoms with Crippen LogP contribution >= 0.6 is 11.6 Å². The summed E-state index contributed by atoms with van der Waals surface area (Å²) < 4.78 is 5.80. The number of halogens is 1. The van der Waals surface area contributed by atoms with Gasteiger partial charge >= 0.3 is 0 Å². The third-order valence-electron chi connectivity index (χ3n) is 5.86. The average Bonchev–Trinajstić information content (AvgIpc) is 2.83. The predicted molar refractivity (Wildman–Crippen MR) is 134 cm³/mol. The van der Waals surface area contributed by atoms with E-state index in [0.29, 0.717) is 18.2 Å². The van der Waals surface area contributed by atoms with Gasteiger partial charge in [0.05, 0.1) is 11.6 Å². The second-order valence-electron chi connectivity index (χ2n) is 8.26. The lowest BCUT2D eigenvalue weighted by Crippen LogP contribution is -2.49. The van der Waals surface area contributed by atoms with Gasteiger partial charge in [-0.05, 0) is 35.7 Å². The minimum absolute atomic E-state index is 0.0333. The Morgan fingerprint density at radius 3 is 2.30 bits per heavy atom. The Balaban J connectivity index is 1.20. The first-order valence-electron chi connectivity index (χ1n) is 11.4. The van der Waals surface area contributed by atoms with Crippen molar-refractivity contribution in [2.75, 3.05) is 51.2 Å². The van der Waals surface area contributed by atoms with Gasteiger partial charge in [-0.15, -0.1) is 0 Å².